The van der Waals surface area contributed by atoms with Crippen molar-refractivity contribution in [3.05, 3.63) is 0 Å². The van der Waals surface area contributed by atoms with Crippen LogP contribution in [-0.2, 0) is 14.4 Å². The van der Waals surface area contributed by atoms with Gasteiger partial charge in [0.2, 0.25) is 11.8 Å². The molecule has 0 radical (unpaired) electrons. The van der Waals surface area contributed by atoms with Crippen LogP contribution in [0.3, 0.4) is 0 Å². The number of hydrogen-bond donors (Lipinski definition) is 2. The largest absolute Gasteiger partial charge is 0.481 e. The first-order valence-electron chi connectivity index (χ1n) is 6.62. The molecule has 0 saturated heterocycles. The Kier molecular flexibility index (Phi) is 8.57. The maximum atomic E-state index is 11.7. The number of carbonyl (C=O) groups excluding carboxylic acids is 2. The van der Waals surface area contributed by atoms with Gasteiger partial charge in [-0.1, -0.05) is 13.8 Å². The quantitative estimate of drug-likeness (QED) is 0.652. The molecule has 0 aliphatic heterocycles. The Hall–Kier alpha value is -1.59. The van der Waals surface area contributed by atoms with Gasteiger partial charge < -0.3 is 15.3 Å². The summed E-state index contributed by atoms with van der Waals surface area (Å²) in [4.78, 5) is 35.1. The van der Waals surface area contributed by atoms with Gasteiger partial charge in [0.05, 0.1) is 5.92 Å². The highest BCUT2D eigenvalue weighted by molar-refractivity contribution is 5.79. The van der Waals surface area contributed by atoms with Crippen molar-refractivity contribution in [2.75, 3.05) is 20.1 Å². The third-order valence-electron chi connectivity index (χ3n) is 2.76. The van der Waals surface area contributed by atoms with Crippen molar-refractivity contribution in [3.8, 4) is 0 Å². The molecule has 2 N–H and O–H groups in total. The van der Waals surface area contributed by atoms with Crippen LogP contribution in [-0.4, -0.2) is 47.9 Å². The van der Waals surface area contributed by atoms with Crippen molar-refractivity contribution in [1.29, 1.82) is 0 Å². The van der Waals surface area contributed by atoms with Crippen molar-refractivity contribution in [2.24, 2.45) is 5.92 Å². The molecule has 0 heterocycles. The molecular weight excluding hydrogens is 248 g/mol. The van der Waals surface area contributed by atoms with Crippen LogP contribution in [0.5, 0.6) is 0 Å². The summed E-state index contributed by atoms with van der Waals surface area (Å²) in [6.07, 6.45) is 1.97. The molecule has 0 aromatic heterocycles. The number of carboxylic acids is 1. The van der Waals surface area contributed by atoms with E-state index in [-0.39, 0.29) is 24.8 Å². The van der Waals surface area contributed by atoms with Gasteiger partial charge in [0.1, 0.15) is 0 Å². The SMILES string of the molecule is CCCNC(=O)CCCC(=O)N(C)CC(C)C(=O)O. The van der Waals surface area contributed by atoms with Crippen molar-refractivity contribution >= 4 is 17.8 Å². The van der Waals surface area contributed by atoms with Gasteiger partial charge in [0.15, 0.2) is 0 Å². The van der Waals surface area contributed by atoms with Gasteiger partial charge in [-0.15, -0.1) is 0 Å². The number of nitrogens with zero attached hydrogens (tertiary/aromatic N) is 1. The van der Waals surface area contributed by atoms with Crippen LogP contribution in [0.1, 0.15) is 39.5 Å². The zero-order valence-corrected chi connectivity index (χ0v) is 11.9. The minimum atomic E-state index is -0.918. The van der Waals surface area contributed by atoms with Gasteiger partial charge in [-0.05, 0) is 12.8 Å². The summed E-state index contributed by atoms with van der Waals surface area (Å²) in [5.41, 5.74) is 0. The van der Waals surface area contributed by atoms with Crippen LogP contribution in [0.25, 0.3) is 0 Å². The highest BCUT2D eigenvalue weighted by Gasteiger charge is 2.17. The molecule has 110 valence electrons. The number of nitrogens with one attached hydrogen (secondary N) is 1. The first-order chi connectivity index (χ1) is 8.88. The summed E-state index contributed by atoms with van der Waals surface area (Å²) < 4.78 is 0. The third kappa shape index (κ3) is 8.18. The number of carbonyl (C=O) groups is 3. The number of aliphatic carboxylic acids is 1. The molecule has 2 amide bonds. The van der Waals surface area contributed by atoms with Gasteiger partial charge in [-0.25, -0.2) is 0 Å². The third-order valence-corrected chi connectivity index (χ3v) is 2.76. The van der Waals surface area contributed by atoms with E-state index in [9.17, 15) is 14.4 Å². The summed E-state index contributed by atoms with van der Waals surface area (Å²) >= 11 is 0. The van der Waals surface area contributed by atoms with Crippen LogP contribution < -0.4 is 5.32 Å². The van der Waals surface area contributed by atoms with Crippen molar-refractivity contribution in [1.82, 2.24) is 10.2 Å². The Morgan fingerprint density at radius 1 is 1.26 bits per heavy atom. The van der Waals surface area contributed by atoms with E-state index in [1.807, 2.05) is 6.92 Å². The minimum absolute atomic E-state index is 0.0452. The Bertz CT molecular complexity index is 318. The second kappa shape index (κ2) is 9.35. The van der Waals surface area contributed by atoms with E-state index >= 15 is 0 Å². The molecular formula is C13H24N2O4. The average molecular weight is 272 g/mol. The van der Waals surface area contributed by atoms with E-state index in [4.69, 9.17) is 5.11 Å². The molecule has 6 heteroatoms. The van der Waals surface area contributed by atoms with E-state index < -0.39 is 11.9 Å². The topological polar surface area (TPSA) is 86.7 Å². The molecule has 6 nitrogen and oxygen atoms in total. The molecule has 19 heavy (non-hydrogen) atoms. The van der Waals surface area contributed by atoms with Crippen LogP contribution >= 0.6 is 0 Å². The highest BCUT2D eigenvalue weighted by atomic mass is 16.4. The Labute approximate surface area is 114 Å². The lowest BCUT2D eigenvalue weighted by Crippen LogP contribution is -2.33. The molecule has 1 atom stereocenters. The van der Waals surface area contributed by atoms with Crippen molar-refractivity contribution in [2.45, 2.75) is 39.5 Å². The van der Waals surface area contributed by atoms with Crippen molar-refractivity contribution < 1.29 is 19.5 Å². The van der Waals surface area contributed by atoms with Gasteiger partial charge in [-0.2, -0.15) is 0 Å². The van der Waals surface area contributed by atoms with Crippen LogP contribution in [0.2, 0.25) is 0 Å². The standard InChI is InChI=1S/C13H24N2O4/c1-4-8-14-11(16)6-5-7-12(17)15(3)9-10(2)13(18)19/h10H,4-9H2,1-3H3,(H,14,16)(H,18,19). The predicted molar refractivity (Wildman–Crippen MR) is 71.6 cm³/mol. The fraction of sp³-hybridized carbons (Fsp3) is 0.769. The summed E-state index contributed by atoms with van der Waals surface area (Å²) in [5.74, 6) is -1.67. The molecule has 0 rings (SSSR count). The molecule has 0 aromatic carbocycles. The number of amides is 2. The summed E-state index contributed by atoms with van der Waals surface area (Å²) in [6.45, 7) is 4.38. The van der Waals surface area contributed by atoms with E-state index in [1.165, 1.54) is 4.90 Å². The Balaban J connectivity index is 3.85. The van der Waals surface area contributed by atoms with Gasteiger partial charge in [-0.3, -0.25) is 14.4 Å². The van der Waals surface area contributed by atoms with E-state index in [1.54, 1.807) is 14.0 Å². The normalized spacial score (nSPS) is 11.7. The van der Waals surface area contributed by atoms with Crippen LogP contribution in [0.4, 0.5) is 0 Å². The smallest absolute Gasteiger partial charge is 0.308 e. The molecule has 0 bridgehead atoms. The molecule has 0 aromatic rings. The lowest BCUT2D eigenvalue weighted by atomic mass is 10.1. The maximum Gasteiger partial charge on any atom is 0.308 e. The highest BCUT2D eigenvalue weighted by Crippen LogP contribution is 2.03. The molecule has 0 spiro atoms. The summed E-state index contributed by atoms with van der Waals surface area (Å²) in [6, 6.07) is 0. The Morgan fingerprint density at radius 3 is 2.42 bits per heavy atom. The monoisotopic (exact) mass is 272 g/mol. The summed E-state index contributed by atoms with van der Waals surface area (Å²) in [5, 5.41) is 11.5. The predicted octanol–water partition coefficient (Wildman–Crippen LogP) is 0.862. The van der Waals surface area contributed by atoms with E-state index in [2.05, 4.69) is 5.32 Å². The Morgan fingerprint density at radius 2 is 1.89 bits per heavy atom. The first kappa shape index (κ1) is 17.4. The molecule has 0 aliphatic carbocycles. The first-order valence-corrected chi connectivity index (χ1v) is 6.62. The maximum absolute atomic E-state index is 11.7. The fourth-order valence-electron chi connectivity index (χ4n) is 1.53. The number of rotatable bonds is 9. The van der Waals surface area contributed by atoms with E-state index in [0.717, 1.165) is 6.42 Å². The molecule has 0 aliphatic rings. The number of carboxylic acid groups (broad SMARTS) is 1. The van der Waals surface area contributed by atoms with Crippen LogP contribution in [0.15, 0.2) is 0 Å². The number of hydrogen-bond acceptors (Lipinski definition) is 3. The second-order valence-electron chi connectivity index (χ2n) is 4.72. The zero-order valence-electron chi connectivity index (χ0n) is 11.9. The zero-order chi connectivity index (χ0) is 14.8. The van der Waals surface area contributed by atoms with Gasteiger partial charge in [0.25, 0.3) is 0 Å². The van der Waals surface area contributed by atoms with Crippen molar-refractivity contribution in [3.63, 3.8) is 0 Å². The molecule has 1 unspecified atom stereocenters. The van der Waals surface area contributed by atoms with Crippen LogP contribution in [0, 0.1) is 5.92 Å². The fourth-order valence-corrected chi connectivity index (χ4v) is 1.53. The average Bonchev–Trinajstić information content (AvgIpc) is 2.35. The molecule has 0 saturated carbocycles. The summed E-state index contributed by atoms with van der Waals surface area (Å²) in [7, 11) is 1.58. The van der Waals surface area contributed by atoms with E-state index in [0.29, 0.717) is 19.4 Å². The lowest BCUT2D eigenvalue weighted by molar-refractivity contribution is -0.142. The minimum Gasteiger partial charge on any atom is -0.481 e. The second-order valence-corrected chi connectivity index (χ2v) is 4.72. The van der Waals surface area contributed by atoms with Gasteiger partial charge in [0, 0.05) is 33.0 Å². The van der Waals surface area contributed by atoms with Gasteiger partial charge >= 0.3 is 5.97 Å². The molecule has 0 fully saturated rings. The lowest BCUT2D eigenvalue weighted by Gasteiger charge is -2.19.